The van der Waals surface area contributed by atoms with Crippen LogP contribution in [0.5, 0.6) is 17.2 Å². The van der Waals surface area contributed by atoms with Crippen molar-refractivity contribution in [1.29, 1.82) is 0 Å². The number of hydrogen-bond donors (Lipinski definition) is 3. The molecule has 21 heavy (non-hydrogen) atoms. The van der Waals surface area contributed by atoms with Gasteiger partial charge in [-0.3, -0.25) is 4.79 Å². The van der Waals surface area contributed by atoms with Crippen LogP contribution in [0, 0.1) is 3.57 Å². The molecule has 0 aliphatic heterocycles. The smallest absolute Gasteiger partial charge is 0.197 e. The molecule has 0 saturated heterocycles. The number of benzene rings is 2. The average molecular weight is 396 g/mol. The highest BCUT2D eigenvalue weighted by atomic mass is 127. The molecule has 0 radical (unpaired) electrons. The Hall–Kier alpha value is -2.22. The van der Waals surface area contributed by atoms with Gasteiger partial charge in [0.2, 0.25) is 0 Å². The Balaban J connectivity index is 2.31. The second-order valence-corrected chi connectivity index (χ2v) is 5.53. The largest absolute Gasteiger partial charge is 0.508 e. The monoisotopic (exact) mass is 396 g/mol. The molecule has 0 saturated carbocycles. The lowest BCUT2D eigenvalue weighted by Gasteiger charge is -2.07. The molecule has 0 spiro atoms. The fraction of sp³-hybridized carbons (Fsp3) is 0. The molecule has 2 aromatic carbocycles. The van der Waals surface area contributed by atoms with Gasteiger partial charge in [-0.1, -0.05) is 0 Å². The van der Waals surface area contributed by atoms with Gasteiger partial charge in [0.1, 0.15) is 34.0 Å². The Bertz CT molecular complexity index is 897. The minimum Gasteiger partial charge on any atom is -0.508 e. The van der Waals surface area contributed by atoms with Gasteiger partial charge in [0.25, 0.3) is 0 Å². The molecule has 3 rings (SSSR count). The topological polar surface area (TPSA) is 90.9 Å². The van der Waals surface area contributed by atoms with Crippen molar-refractivity contribution in [2.45, 2.75) is 0 Å². The van der Waals surface area contributed by atoms with Crippen LogP contribution in [0.3, 0.4) is 0 Å². The zero-order valence-electron chi connectivity index (χ0n) is 10.5. The van der Waals surface area contributed by atoms with Crippen molar-refractivity contribution in [2.24, 2.45) is 0 Å². The van der Waals surface area contributed by atoms with Gasteiger partial charge in [-0.05, 0) is 46.9 Å². The fourth-order valence-corrected chi connectivity index (χ4v) is 2.46. The van der Waals surface area contributed by atoms with Crippen molar-refractivity contribution >= 4 is 33.6 Å². The first-order valence-corrected chi connectivity index (χ1v) is 7.03. The van der Waals surface area contributed by atoms with Gasteiger partial charge in [-0.25, -0.2) is 0 Å². The van der Waals surface area contributed by atoms with Gasteiger partial charge in [-0.15, -0.1) is 0 Å². The van der Waals surface area contributed by atoms with E-state index in [1.807, 2.05) is 0 Å². The highest BCUT2D eigenvalue weighted by Crippen LogP contribution is 2.36. The normalized spacial score (nSPS) is 10.9. The summed E-state index contributed by atoms with van der Waals surface area (Å²) in [4.78, 5) is 12.2. The van der Waals surface area contributed by atoms with Crippen LogP contribution in [0.25, 0.3) is 22.3 Å². The third-order valence-corrected chi connectivity index (χ3v) is 4.13. The van der Waals surface area contributed by atoms with Crippen LogP contribution in [-0.4, -0.2) is 15.3 Å². The van der Waals surface area contributed by atoms with Crippen molar-refractivity contribution in [1.82, 2.24) is 0 Å². The standard InChI is InChI=1S/C15H9IO5/c16-14-10(19)6-12-13(15(14)20)9(18)5-11(21-12)7-1-3-8(17)4-2-7/h1-6,17,19-20H. The molecule has 0 fully saturated rings. The molecule has 0 aliphatic rings. The third kappa shape index (κ3) is 2.31. The van der Waals surface area contributed by atoms with Crippen molar-refractivity contribution in [3.63, 3.8) is 0 Å². The summed E-state index contributed by atoms with van der Waals surface area (Å²) in [6.07, 6.45) is 0. The van der Waals surface area contributed by atoms with E-state index in [-0.39, 0.29) is 37.5 Å². The molecule has 5 nitrogen and oxygen atoms in total. The number of phenolic OH excluding ortho intramolecular Hbond substituents is 3. The highest BCUT2D eigenvalue weighted by molar-refractivity contribution is 14.1. The summed E-state index contributed by atoms with van der Waals surface area (Å²) in [5.74, 6) is -0.0672. The number of rotatable bonds is 1. The van der Waals surface area contributed by atoms with Gasteiger partial charge < -0.3 is 19.7 Å². The van der Waals surface area contributed by atoms with Crippen LogP contribution in [0.1, 0.15) is 0 Å². The van der Waals surface area contributed by atoms with Crippen LogP contribution in [0.15, 0.2) is 45.6 Å². The Morgan fingerprint density at radius 1 is 1.00 bits per heavy atom. The molecule has 1 heterocycles. The predicted octanol–water partition coefficient (Wildman–Crippen LogP) is 3.18. The highest BCUT2D eigenvalue weighted by Gasteiger charge is 2.16. The van der Waals surface area contributed by atoms with Crippen molar-refractivity contribution in [3.05, 3.63) is 50.2 Å². The van der Waals surface area contributed by atoms with Crippen LogP contribution < -0.4 is 5.43 Å². The molecule has 0 aliphatic carbocycles. The first-order chi connectivity index (χ1) is 9.97. The Morgan fingerprint density at radius 3 is 2.33 bits per heavy atom. The zero-order chi connectivity index (χ0) is 15.1. The minimum atomic E-state index is -0.408. The molecular weight excluding hydrogens is 387 g/mol. The van der Waals surface area contributed by atoms with E-state index in [0.29, 0.717) is 5.56 Å². The molecule has 3 N–H and O–H groups in total. The molecule has 3 aromatic rings. The van der Waals surface area contributed by atoms with E-state index in [2.05, 4.69) is 0 Å². The van der Waals surface area contributed by atoms with E-state index >= 15 is 0 Å². The number of hydrogen-bond acceptors (Lipinski definition) is 5. The van der Waals surface area contributed by atoms with Gasteiger partial charge in [0.05, 0.1) is 3.57 Å². The Labute approximate surface area is 132 Å². The molecule has 6 heteroatoms. The maximum atomic E-state index is 12.2. The summed E-state index contributed by atoms with van der Waals surface area (Å²) in [7, 11) is 0. The van der Waals surface area contributed by atoms with Crippen LogP contribution in [0.4, 0.5) is 0 Å². The van der Waals surface area contributed by atoms with Crippen molar-refractivity contribution < 1.29 is 19.7 Å². The van der Waals surface area contributed by atoms with E-state index in [4.69, 9.17) is 4.42 Å². The summed E-state index contributed by atoms with van der Waals surface area (Å²) < 4.78 is 5.78. The molecule has 0 atom stereocenters. The predicted molar refractivity (Wildman–Crippen MR) is 85.6 cm³/mol. The second kappa shape index (κ2) is 4.96. The maximum Gasteiger partial charge on any atom is 0.197 e. The van der Waals surface area contributed by atoms with Gasteiger partial charge in [-0.2, -0.15) is 0 Å². The first kappa shape index (κ1) is 13.7. The van der Waals surface area contributed by atoms with Crippen LogP contribution >= 0.6 is 22.6 Å². The summed E-state index contributed by atoms with van der Waals surface area (Å²) >= 11 is 1.75. The fourth-order valence-electron chi connectivity index (χ4n) is 2.03. The van der Waals surface area contributed by atoms with Crippen molar-refractivity contribution in [3.8, 4) is 28.6 Å². The summed E-state index contributed by atoms with van der Waals surface area (Å²) in [6.45, 7) is 0. The molecule has 1 aromatic heterocycles. The maximum absolute atomic E-state index is 12.2. The number of fused-ring (bicyclic) bond motifs is 1. The Kier molecular flexibility index (Phi) is 3.25. The number of halogens is 1. The number of aromatic hydroxyl groups is 3. The van der Waals surface area contributed by atoms with Gasteiger partial charge >= 0.3 is 0 Å². The zero-order valence-corrected chi connectivity index (χ0v) is 12.7. The van der Waals surface area contributed by atoms with E-state index in [1.54, 1.807) is 34.7 Å². The van der Waals surface area contributed by atoms with Gasteiger partial charge in [0, 0.05) is 17.7 Å². The SMILES string of the molecule is O=c1cc(-c2ccc(O)cc2)oc2cc(O)c(I)c(O)c12. The molecule has 0 unspecified atom stereocenters. The summed E-state index contributed by atoms with van der Waals surface area (Å²) in [5, 5.41) is 29.0. The van der Waals surface area contributed by atoms with Gasteiger partial charge in [0.15, 0.2) is 5.43 Å². The van der Waals surface area contributed by atoms with Crippen LogP contribution in [-0.2, 0) is 0 Å². The lowest BCUT2D eigenvalue weighted by atomic mass is 10.1. The quantitative estimate of drug-likeness (QED) is 0.550. The molecule has 0 amide bonds. The minimum absolute atomic E-state index is 0.0275. The van der Waals surface area contributed by atoms with E-state index in [0.717, 1.165) is 0 Å². The van der Waals surface area contributed by atoms with E-state index in [9.17, 15) is 20.1 Å². The van der Waals surface area contributed by atoms with Crippen molar-refractivity contribution in [2.75, 3.05) is 0 Å². The average Bonchev–Trinajstić information content (AvgIpc) is 2.45. The number of phenols is 3. The molecular formula is C15H9IO5. The summed E-state index contributed by atoms with van der Waals surface area (Å²) in [6, 6.07) is 8.71. The van der Waals surface area contributed by atoms with Crippen LogP contribution in [0.2, 0.25) is 0 Å². The van der Waals surface area contributed by atoms with E-state index < -0.39 is 5.43 Å². The lowest BCUT2D eigenvalue weighted by Crippen LogP contribution is -2.01. The summed E-state index contributed by atoms with van der Waals surface area (Å²) in [5.41, 5.74) is 0.292. The first-order valence-electron chi connectivity index (χ1n) is 5.95. The second-order valence-electron chi connectivity index (χ2n) is 4.45. The lowest BCUT2D eigenvalue weighted by molar-refractivity contribution is 0.445. The molecule has 0 bridgehead atoms. The van der Waals surface area contributed by atoms with E-state index in [1.165, 1.54) is 24.3 Å². The third-order valence-electron chi connectivity index (χ3n) is 3.06. The Morgan fingerprint density at radius 2 is 1.67 bits per heavy atom. The molecule has 106 valence electrons.